The van der Waals surface area contributed by atoms with E-state index >= 15 is 0 Å². The first kappa shape index (κ1) is 28.3. The van der Waals surface area contributed by atoms with Crippen LogP contribution in [0.1, 0.15) is 73.7 Å². The van der Waals surface area contributed by atoms with Crippen molar-refractivity contribution in [1.29, 1.82) is 0 Å². The van der Waals surface area contributed by atoms with Crippen LogP contribution < -0.4 is 11.5 Å². The Hall–Kier alpha value is -3.73. The third kappa shape index (κ3) is 4.48. The van der Waals surface area contributed by atoms with Gasteiger partial charge < -0.3 is 21.7 Å². The number of amides is 2. The third-order valence-electron chi connectivity index (χ3n) is 8.68. The van der Waals surface area contributed by atoms with Crippen LogP contribution in [0.2, 0.25) is 0 Å². The Labute approximate surface area is 224 Å². The fraction of sp³-hybridized carbons (Fsp3) is 0.536. The minimum atomic E-state index is -2.93. The summed E-state index contributed by atoms with van der Waals surface area (Å²) in [7, 11) is 0. The maximum atomic E-state index is 14.0. The summed E-state index contributed by atoms with van der Waals surface area (Å²) in [4.78, 5) is 90.6. The third-order valence-corrected chi connectivity index (χ3v) is 8.68. The van der Waals surface area contributed by atoms with Crippen LogP contribution in [-0.2, 0) is 28.8 Å². The lowest BCUT2D eigenvalue weighted by atomic mass is 9.46. The van der Waals surface area contributed by atoms with E-state index in [9.17, 15) is 43.8 Å². The number of benzene rings is 1. The molecule has 2 fully saturated rings. The van der Waals surface area contributed by atoms with E-state index in [2.05, 4.69) is 0 Å². The van der Waals surface area contributed by atoms with E-state index in [4.69, 9.17) is 11.5 Å². The molecule has 2 unspecified atom stereocenters. The minimum Gasteiger partial charge on any atom is -0.507 e. The van der Waals surface area contributed by atoms with Crippen molar-refractivity contribution in [3.63, 3.8) is 0 Å². The average Bonchev–Trinajstić information content (AvgIpc) is 2.84. The molecule has 208 valence electrons. The van der Waals surface area contributed by atoms with Crippen molar-refractivity contribution in [2.75, 3.05) is 0 Å². The van der Waals surface area contributed by atoms with E-state index in [0.29, 0.717) is 18.4 Å². The van der Waals surface area contributed by atoms with E-state index in [1.165, 1.54) is 6.07 Å². The van der Waals surface area contributed by atoms with E-state index < -0.39 is 101 Å². The highest BCUT2D eigenvalue weighted by Gasteiger charge is 2.70. The Morgan fingerprint density at radius 3 is 2.36 bits per heavy atom. The zero-order valence-electron chi connectivity index (χ0n) is 21.6. The number of unbranched alkanes of at least 4 members (excludes halogenated alkanes) is 2. The SMILES string of the molecule is CCCCC[C@H]1c2cccc(O)c2C(=O)C2C(=O)[C@]3(O)C(=O)C(C(N)=O)C(=O)C[C@@H]3[C@@H](CC(=O)CC(N)=O)[C@@H]21. The van der Waals surface area contributed by atoms with E-state index in [-0.39, 0.29) is 11.3 Å². The van der Waals surface area contributed by atoms with Crippen LogP contribution in [0.3, 0.4) is 0 Å². The lowest BCUT2D eigenvalue weighted by Crippen LogP contribution is -2.71. The van der Waals surface area contributed by atoms with Gasteiger partial charge in [0.05, 0.1) is 17.9 Å². The van der Waals surface area contributed by atoms with Gasteiger partial charge in [0.25, 0.3) is 0 Å². The van der Waals surface area contributed by atoms with Crippen molar-refractivity contribution in [2.24, 2.45) is 41.1 Å². The van der Waals surface area contributed by atoms with Crippen LogP contribution >= 0.6 is 0 Å². The number of primary amides is 2. The molecule has 0 saturated heterocycles. The molecule has 0 radical (unpaired) electrons. The van der Waals surface area contributed by atoms with Crippen LogP contribution in [0.4, 0.5) is 0 Å². The van der Waals surface area contributed by atoms with E-state index in [0.717, 1.165) is 12.8 Å². The molecule has 3 aliphatic carbocycles. The first-order chi connectivity index (χ1) is 18.4. The van der Waals surface area contributed by atoms with Crippen LogP contribution in [0, 0.1) is 29.6 Å². The second-order valence-electron chi connectivity index (χ2n) is 10.9. The summed E-state index contributed by atoms with van der Waals surface area (Å²) in [6.07, 6.45) is 1.15. The number of phenols is 1. The normalized spacial score (nSPS) is 31.7. The smallest absolute Gasteiger partial charge is 0.235 e. The van der Waals surface area contributed by atoms with Crippen molar-refractivity contribution in [1.82, 2.24) is 0 Å². The van der Waals surface area contributed by atoms with Crippen LogP contribution in [-0.4, -0.2) is 56.5 Å². The van der Waals surface area contributed by atoms with Gasteiger partial charge in [0.2, 0.25) is 11.8 Å². The minimum absolute atomic E-state index is 0.0938. The van der Waals surface area contributed by atoms with Crippen LogP contribution in [0.5, 0.6) is 5.75 Å². The molecule has 0 bridgehead atoms. The molecule has 11 nitrogen and oxygen atoms in total. The summed E-state index contributed by atoms with van der Waals surface area (Å²) < 4.78 is 0. The number of nitrogens with two attached hydrogens (primary N) is 2. The van der Waals surface area contributed by atoms with Gasteiger partial charge in [0.1, 0.15) is 11.5 Å². The van der Waals surface area contributed by atoms with Crippen LogP contribution in [0.15, 0.2) is 18.2 Å². The summed E-state index contributed by atoms with van der Waals surface area (Å²) in [5.74, 6) is -15.1. The predicted octanol–water partition coefficient (Wildman–Crippen LogP) is 0.509. The molecule has 7 atom stereocenters. The highest BCUT2D eigenvalue weighted by atomic mass is 16.3. The van der Waals surface area contributed by atoms with E-state index in [1.807, 2.05) is 6.92 Å². The van der Waals surface area contributed by atoms with Gasteiger partial charge in [0, 0.05) is 18.8 Å². The number of Topliss-reactive ketones (excluding diaryl/α,β-unsaturated/α-hetero) is 5. The van der Waals surface area contributed by atoms with Crippen molar-refractivity contribution < 1.29 is 43.8 Å². The lowest BCUT2D eigenvalue weighted by Gasteiger charge is -2.55. The van der Waals surface area contributed by atoms with Gasteiger partial charge in [-0.15, -0.1) is 0 Å². The van der Waals surface area contributed by atoms with Gasteiger partial charge in [-0.05, 0) is 35.8 Å². The predicted molar refractivity (Wildman–Crippen MR) is 134 cm³/mol. The van der Waals surface area contributed by atoms with Gasteiger partial charge >= 0.3 is 0 Å². The topological polar surface area (TPSA) is 212 Å². The largest absolute Gasteiger partial charge is 0.507 e. The number of rotatable bonds is 9. The first-order valence-corrected chi connectivity index (χ1v) is 13.1. The van der Waals surface area contributed by atoms with Crippen molar-refractivity contribution in [3.05, 3.63) is 29.3 Å². The van der Waals surface area contributed by atoms with Crippen molar-refractivity contribution in [3.8, 4) is 5.75 Å². The van der Waals surface area contributed by atoms with E-state index in [1.54, 1.807) is 12.1 Å². The molecule has 1 aromatic carbocycles. The molecule has 4 rings (SSSR count). The molecule has 6 N–H and O–H groups in total. The highest BCUT2D eigenvalue weighted by molar-refractivity contribution is 6.31. The van der Waals surface area contributed by atoms with Crippen LogP contribution in [0.25, 0.3) is 0 Å². The Morgan fingerprint density at radius 2 is 1.74 bits per heavy atom. The van der Waals surface area contributed by atoms with Gasteiger partial charge in [-0.3, -0.25) is 33.6 Å². The lowest BCUT2D eigenvalue weighted by molar-refractivity contribution is -0.183. The number of phenolic OH excluding ortho intramolecular Hbond substituents is 1. The number of ketones is 5. The monoisotopic (exact) mass is 540 g/mol. The maximum absolute atomic E-state index is 14.0. The molecular weight excluding hydrogens is 508 g/mol. The number of aliphatic hydroxyl groups is 1. The molecular formula is C28H32N2O9. The molecule has 0 aromatic heterocycles. The second-order valence-corrected chi connectivity index (χ2v) is 10.9. The zero-order chi connectivity index (χ0) is 28.8. The molecule has 2 amide bonds. The standard InChI is InChI=1S/C28H32N2O9/c1-2-3-4-6-13-14-7-5-8-17(32)21(14)24(35)23-20(13)15(9-12(31)10-19(29)34)16-11-18(33)22(27(30)38)25(36)28(16,39)26(23)37/h5,7-8,13,15-16,20,22-23,32,39H,2-4,6,9-11H2,1H3,(H2,29,34)(H2,30,38)/t13-,15+,16+,20-,22?,23?,28+/m0/s1. The number of hydrogen-bond donors (Lipinski definition) is 4. The number of carbonyl (C=O) groups excluding carboxylic acids is 7. The first-order valence-electron chi connectivity index (χ1n) is 13.1. The second kappa shape index (κ2) is 10.4. The van der Waals surface area contributed by atoms with Gasteiger partial charge in [-0.1, -0.05) is 38.3 Å². The molecule has 39 heavy (non-hydrogen) atoms. The van der Waals surface area contributed by atoms with Crippen molar-refractivity contribution >= 4 is 40.7 Å². The molecule has 11 heteroatoms. The van der Waals surface area contributed by atoms with Gasteiger partial charge in [-0.25, -0.2) is 0 Å². The molecule has 3 aliphatic rings. The van der Waals surface area contributed by atoms with Gasteiger partial charge in [0.15, 0.2) is 34.7 Å². The summed E-state index contributed by atoms with van der Waals surface area (Å²) in [6, 6.07) is 4.52. The quantitative estimate of drug-likeness (QED) is 0.253. The maximum Gasteiger partial charge on any atom is 0.235 e. The Morgan fingerprint density at radius 1 is 1.05 bits per heavy atom. The molecule has 0 aliphatic heterocycles. The number of hydrogen-bond acceptors (Lipinski definition) is 9. The molecule has 1 aromatic rings. The molecule has 0 spiro atoms. The number of fused-ring (bicyclic) bond motifs is 3. The summed E-state index contributed by atoms with van der Waals surface area (Å²) in [6.45, 7) is 2.00. The van der Waals surface area contributed by atoms with Gasteiger partial charge in [-0.2, -0.15) is 0 Å². The number of carbonyl (C=O) groups is 7. The summed E-state index contributed by atoms with van der Waals surface area (Å²) in [5, 5.41) is 22.4. The Kier molecular flexibility index (Phi) is 7.57. The van der Waals surface area contributed by atoms with Crippen molar-refractivity contribution in [2.45, 2.75) is 63.4 Å². The highest BCUT2D eigenvalue weighted by Crippen LogP contribution is 2.58. The summed E-state index contributed by atoms with van der Waals surface area (Å²) in [5.41, 5.74) is 7.93. The molecule has 0 heterocycles. The average molecular weight is 541 g/mol. The number of aromatic hydroxyl groups is 1. The Bertz CT molecular complexity index is 1290. The fourth-order valence-corrected chi connectivity index (χ4v) is 7.10. The Balaban J connectivity index is 1.94. The zero-order valence-corrected chi connectivity index (χ0v) is 21.6. The summed E-state index contributed by atoms with van der Waals surface area (Å²) >= 11 is 0. The molecule has 2 saturated carbocycles. The fourth-order valence-electron chi connectivity index (χ4n) is 7.10.